The van der Waals surface area contributed by atoms with Crippen LogP contribution in [0.15, 0.2) is 28.8 Å². The van der Waals surface area contributed by atoms with E-state index in [9.17, 15) is 9.59 Å². The van der Waals surface area contributed by atoms with Gasteiger partial charge in [0.1, 0.15) is 17.4 Å². The Morgan fingerprint density at radius 1 is 1.21 bits per heavy atom. The Morgan fingerprint density at radius 3 is 2.75 bits per heavy atom. The van der Waals surface area contributed by atoms with Crippen LogP contribution in [0.4, 0.5) is 10.6 Å². The van der Waals surface area contributed by atoms with Crippen LogP contribution in [0.5, 0.6) is 0 Å². The van der Waals surface area contributed by atoms with Gasteiger partial charge in [0, 0.05) is 25.8 Å². The standard InChI is InChI=1S/C19H21N5O4/c1-12-3-4-14(27-12)17(25)22-7-8-24-15(9-22)19(28-18(24)26)10-23(11-19)16-5-6-20-13(2)21-16/h3-6,15H,7-11H2,1-2H3. The number of carbonyl (C=O) groups is 2. The van der Waals surface area contributed by atoms with Gasteiger partial charge in [-0.3, -0.25) is 9.69 Å². The lowest BCUT2D eigenvalue weighted by Gasteiger charge is -2.51. The number of piperazine rings is 1. The number of furan rings is 1. The number of amides is 2. The summed E-state index contributed by atoms with van der Waals surface area (Å²) in [6, 6.07) is 5.15. The Labute approximate surface area is 161 Å². The summed E-state index contributed by atoms with van der Waals surface area (Å²) in [5.74, 6) is 2.41. The normalized spacial score (nSPS) is 22.9. The van der Waals surface area contributed by atoms with Crippen LogP contribution in [0.2, 0.25) is 0 Å². The average molecular weight is 383 g/mol. The molecule has 2 aromatic heterocycles. The monoisotopic (exact) mass is 383 g/mol. The topological polar surface area (TPSA) is 92.0 Å². The van der Waals surface area contributed by atoms with Crippen LogP contribution in [0, 0.1) is 13.8 Å². The van der Waals surface area contributed by atoms with E-state index in [0.717, 1.165) is 5.82 Å². The molecule has 0 radical (unpaired) electrons. The lowest BCUT2D eigenvalue weighted by Crippen LogP contribution is -2.71. The fraction of sp³-hybridized carbons (Fsp3) is 0.474. The fourth-order valence-corrected chi connectivity index (χ4v) is 4.30. The number of fused-ring (bicyclic) bond motifs is 2. The Morgan fingerprint density at radius 2 is 2.04 bits per heavy atom. The first kappa shape index (κ1) is 17.0. The van der Waals surface area contributed by atoms with Crippen molar-refractivity contribution in [3.05, 3.63) is 41.7 Å². The van der Waals surface area contributed by atoms with Crippen molar-refractivity contribution in [3.63, 3.8) is 0 Å². The predicted molar refractivity (Wildman–Crippen MR) is 98.0 cm³/mol. The quantitative estimate of drug-likeness (QED) is 0.770. The number of nitrogens with zero attached hydrogens (tertiary/aromatic N) is 5. The van der Waals surface area contributed by atoms with Gasteiger partial charge in [0.2, 0.25) is 0 Å². The maximum absolute atomic E-state index is 12.8. The van der Waals surface area contributed by atoms with Crippen LogP contribution in [0.1, 0.15) is 22.1 Å². The Kier molecular flexibility index (Phi) is 3.62. The minimum absolute atomic E-state index is 0.148. The number of hydrogen-bond donors (Lipinski definition) is 0. The highest BCUT2D eigenvalue weighted by atomic mass is 16.6. The molecule has 1 atom stereocenters. The van der Waals surface area contributed by atoms with Crippen molar-refractivity contribution in [2.24, 2.45) is 0 Å². The highest BCUT2D eigenvalue weighted by Gasteiger charge is 2.62. The highest BCUT2D eigenvalue weighted by Crippen LogP contribution is 2.41. The first-order valence-electron chi connectivity index (χ1n) is 9.35. The summed E-state index contributed by atoms with van der Waals surface area (Å²) >= 11 is 0. The minimum atomic E-state index is -0.617. The number of aryl methyl sites for hydroxylation is 2. The van der Waals surface area contributed by atoms with Crippen LogP contribution >= 0.6 is 0 Å². The van der Waals surface area contributed by atoms with Crippen LogP contribution in [0.3, 0.4) is 0 Å². The van der Waals surface area contributed by atoms with Gasteiger partial charge in [0.05, 0.1) is 19.1 Å². The van der Waals surface area contributed by atoms with Gasteiger partial charge in [0.25, 0.3) is 5.91 Å². The molecule has 0 aromatic carbocycles. The van der Waals surface area contributed by atoms with Gasteiger partial charge in [-0.2, -0.15) is 0 Å². The summed E-state index contributed by atoms with van der Waals surface area (Å²) in [6.45, 7) is 6.12. The van der Waals surface area contributed by atoms with Crippen molar-refractivity contribution < 1.29 is 18.7 Å². The van der Waals surface area contributed by atoms with E-state index in [0.29, 0.717) is 50.1 Å². The lowest BCUT2D eigenvalue weighted by molar-refractivity contribution is -0.00718. The number of anilines is 1. The molecule has 3 fully saturated rings. The summed E-state index contributed by atoms with van der Waals surface area (Å²) < 4.78 is 11.3. The number of hydrogen-bond acceptors (Lipinski definition) is 7. The summed E-state index contributed by atoms with van der Waals surface area (Å²) in [7, 11) is 0. The molecular formula is C19H21N5O4. The number of carbonyl (C=O) groups excluding carboxylic acids is 2. The van der Waals surface area contributed by atoms with E-state index in [1.165, 1.54) is 0 Å². The Bertz CT molecular complexity index is 951. The first-order chi connectivity index (χ1) is 13.4. The molecule has 5 rings (SSSR count). The van der Waals surface area contributed by atoms with Crippen LogP contribution in [-0.2, 0) is 4.74 Å². The van der Waals surface area contributed by atoms with E-state index >= 15 is 0 Å². The zero-order valence-electron chi connectivity index (χ0n) is 15.8. The van der Waals surface area contributed by atoms with Gasteiger partial charge in [0.15, 0.2) is 11.4 Å². The van der Waals surface area contributed by atoms with Crippen molar-refractivity contribution in [1.82, 2.24) is 19.8 Å². The maximum atomic E-state index is 12.8. The van der Waals surface area contributed by atoms with E-state index in [2.05, 4.69) is 14.9 Å². The minimum Gasteiger partial charge on any atom is -0.456 e. The van der Waals surface area contributed by atoms with Gasteiger partial charge in [-0.1, -0.05) is 0 Å². The molecule has 0 bridgehead atoms. The summed E-state index contributed by atoms with van der Waals surface area (Å²) in [4.78, 5) is 39.3. The first-order valence-corrected chi connectivity index (χ1v) is 9.35. The fourth-order valence-electron chi connectivity index (χ4n) is 4.30. The molecule has 3 aliphatic heterocycles. The molecule has 0 aliphatic carbocycles. The molecule has 1 unspecified atom stereocenters. The SMILES string of the molecule is Cc1nccc(N2CC3(C2)OC(=O)N2CCN(C(=O)c4ccc(C)o4)CC23)n1. The third-order valence-corrected chi connectivity index (χ3v) is 5.75. The van der Waals surface area contributed by atoms with Gasteiger partial charge >= 0.3 is 6.09 Å². The second-order valence-corrected chi connectivity index (χ2v) is 7.62. The molecule has 0 N–H and O–H groups in total. The molecule has 2 amide bonds. The molecule has 9 nitrogen and oxygen atoms in total. The largest absolute Gasteiger partial charge is 0.456 e. The van der Waals surface area contributed by atoms with Gasteiger partial charge < -0.3 is 19.0 Å². The van der Waals surface area contributed by atoms with Crippen molar-refractivity contribution in [3.8, 4) is 0 Å². The third kappa shape index (κ3) is 2.53. The summed E-state index contributed by atoms with van der Waals surface area (Å²) in [5, 5.41) is 0. The molecule has 146 valence electrons. The van der Waals surface area contributed by atoms with Crippen LogP contribution in [0.25, 0.3) is 0 Å². The molecular weight excluding hydrogens is 362 g/mol. The number of rotatable bonds is 2. The van der Waals surface area contributed by atoms with E-state index in [4.69, 9.17) is 9.15 Å². The Hall–Kier alpha value is -3.10. The van der Waals surface area contributed by atoms with Crippen molar-refractivity contribution in [2.75, 3.05) is 37.6 Å². The van der Waals surface area contributed by atoms with Crippen molar-refractivity contribution in [1.29, 1.82) is 0 Å². The third-order valence-electron chi connectivity index (χ3n) is 5.75. The van der Waals surface area contributed by atoms with E-state index < -0.39 is 5.60 Å². The van der Waals surface area contributed by atoms with Crippen molar-refractivity contribution >= 4 is 17.8 Å². The lowest BCUT2D eigenvalue weighted by atomic mass is 9.84. The molecule has 5 heterocycles. The molecule has 28 heavy (non-hydrogen) atoms. The predicted octanol–water partition coefficient (Wildman–Crippen LogP) is 1.22. The van der Waals surface area contributed by atoms with E-state index in [1.807, 2.05) is 19.9 Å². The van der Waals surface area contributed by atoms with E-state index in [1.54, 1.807) is 28.1 Å². The van der Waals surface area contributed by atoms with Crippen molar-refractivity contribution in [2.45, 2.75) is 25.5 Å². The maximum Gasteiger partial charge on any atom is 0.411 e. The molecule has 1 spiro atoms. The second kappa shape index (κ2) is 5.95. The highest BCUT2D eigenvalue weighted by molar-refractivity contribution is 5.92. The molecule has 3 aliphatic rings. The zero-order valence-corrected chi connectivity index (χ0v) is 15.8. The molecule has 0 saturated carbocycles. The van der Waals surface area contributed by atoms with E-state index in [-0.39, 0.29) is 18.0 Å². The van der Waals surface area contributed by atoms with Gasteiger partial charge in [-0.25, -0.2) is 14.8 Å². The van der Waals surface area contributed by atoms with Gasteiger partial charge in [-0.05, 0) is 32.0 Å². The molecule has 3 saturated heterocycles. The number of aromatic nitrogens is 2. The van der Waals surface area contributed by atoms with Gasteiger partial charge in [-0.15, -0.1) is 0 Å². The molecule has 9 heteroatoms. The summed E-state index contributed by atoms with van der Waals surface area (Å²) in [6.07, 6.45) is 1.42. The smallest absolute Gasteiger partial charge is 0.411 e. The molecule has 2 aromatic rings. The second-order valence-electron chi connectivity index (χ2n) is 7.62. The van der Waals surface area contributed by atoms with Crippen LogP contribution < -0.4 is 4.90 Å². The zero-order chi connectivity index (χ0) is 19.5. The summed E-state index contributed by atoms with van der Waals surface area (Å²) in [5.41, 5.74) is -0.617. The van der Waals surface area contributed by atoms with Crippen LogP contribution in [-0.4, -0.2) is 76.1 Å². The number of ether oxygens (including phenoxy) is 1. The average Bonchev–Trinajstić information content (AvgIpc) is 3.21. The Balaban J connectivity index is 1.34.